The van der Waals surface area contributed by atoms with Gasteiger partial charge in [0.2, 0.25) is 5.91 Å². The molecule has 0 saturated carbocycles. The number of nitrogens with zero attached hydrogens (tertiary/aromatic N) is 1. The molecule has 1 aromatic heterocycles. The van der Waals surface area contributed by atoms with Crippen molar-refractivity contribution < 1.29 is 18.7 Å². The largest absolute Gasteiger partial charge is 0.462 e. The van der Waals surface area contributed by atoms with E-state index in [1.165, 1.54) is 23.5 Å². The van der Waals surface area contributed by atoms with E-state index in [9.17, 15) is 14.0 Å². The molecule has 5 nitrogen and oxygen atoms in total. The van der Waals surface area contributed by atoms with Crippen molar-refractivity contribution >= 4 is 28.2 Å². The molecule has 1 saturated heterocycles. The molecular formula is C19H21FN2O3S. The highest BCUT2D eigenvalue weighted by molar-refractivity contribution is 7.15. The number of nitrogens with one attached hydrogen (secondary N) is 1. The summed E-state index contributed by atoms with van der Waals surface area (Å²) in [5.41, 5.74) is 1.65. The second-order valence-corrected chi connectivity index (χ2v) is 6.99. The zero-order valence-corrected chi connectivity index (χ0v) is 15.4. The van der Waals surface area contributed by atoms with Gasteiger partial charge in [0.25, 0.3) is 0 Å². The number of carbonyl (C=O) groups is 2. The Morgan fingerprint density at radius 1 is 1.23 bits per heavy atom. The van der Waals surface area contributed by atoms with Crippen LogP contribution in [0.1, 0.15) is 30.1 Å². The predicted molar refractivity (Wildman–Crippen MR) is 100.0 cm³/mol. The molecule has 2 aromatic rings. The van der Waals surface area contributed by atoms with Crippen LogP contribution in [0, 0.1) is 5.82 Å². The predicted octanol–water partition coefficient (Wildman–Crippen LogP) is 3.77. The molecule has 0 spiro atoms. The Bertz CT molecular complexity index is 783. The Balaban J connectivity index is 1.85. The first-order valence-electron chi connectivity index (χ1n) is 8.65. The van der Waals surface area contributed by atoms with E-state index in [2.05, 4.69) is 10.2 Å². The zero-order valence-electron chi connectivity index (χ0n) is 14.6. The minimum absolute atomic E-state index is 0.148. The van der Waals surface area contributed by atoms with Gasteiger partial charge in [-0.05, 0) is 50.6 Å². The Kier molecular flexibility index (Phi) is 6.00. The van der Waals surface area contributed by atoms with Crippen molar-refractivity contribution in [3.63, 3.8) is 0 Å². The van der Waals surface area contributed by atoms with Gasteiger partial charge < -0.3 is 10.1 Å². The fraction of sp³-hybridized carbons (Fsp3) is 0.368. The van der Waals surface area contributed by atoms with Crippen LogP contribution in [0.4, 0.5) is 9.39 Å². The molecule has 0 aliphatic carbocycles. The van der Waals surface area contributed by atoms with Crippen LogP contribution in [0.2, 0.25) is 0 Å². The lowest BCUT2D eigenvalue weighted by molar-refractivity contribution is -0.117. The summed E-state index contributed by atoms with van der Waals surface area (Å²) in [5.74, 6) is -0.990. The average Bonchev–Trinajstić information content (AvgIpc) is 3.25. The van der Waals surface area contributed by atoms with Crippen molar-refractivity contribution in [2.75, 3.05) is 31.6 Å². The molecule has 1 aromatic carbocycles. The van der Waals surface area contributed by atoms with Gasteiger partial charge in [-0.15, -0.1) is 11.3 Å². The Morgan fingerprint density at radius 2 is 1.92 bits per heavy atom. The summed E-state index contributed by atoms with van der Waals surface area (Å²) >= 11 is 1.27. The van der Waals surface area contributed by atoms with Crippen molar-refractivity contribution in [2.45, 2.75) is 19.8 Å². The minimum atomic E-state index is -0.496. The Morgan fingerprint density at radius 3 is 2.58 bits per heavy atom. The molecule has 7 heteroatoms. The first kappa shape index (κ1) is 18.5. The molecule has 1 aliphatic rings. The van der Waals surface area contributed by atoms with Gasteiger partial charge in [-0.1, -0.05) is 12.1 Å². The molecule has 1 aliphatic heterocycles. The third kappa shape index (κ3) is 4.28. The molecule has 1 N–H and O–H groups in total. The van der Waals surface area contributed by atoms with Crippen LogP contribution in [0.5, 0.6) is 0 Å². The first-order valence-corrected chi connectivity index (χ1v) is 9.53. The number of thiophene rings is 1. The number of amides is 1. The summed E-state index contributed by atoms with van der Waals surface area (Å²) in [5, 5.41) is 5.09. The van der Waals surface area contributed by atoms with E-state index < -0.39 is 5.97 Å². The number of halogens is 1. The maximum atomic E-state index is 13.2. The van der Waals surface area contributed by atoms with Gasteiger partial charge in [0.1, 0.15) is 16.4 Å². The fourth-order valence-corrected chi connectivity index (χ4v) is 3.98. The van der Waals surface area contributed by atoms with Crippen molar-refractivity contribution in [1.82, 2.24) is 4.90 Å². The van der Waals surface area contributed by atoms with Crippen LogP contribution in [-0.4, -0.2) is 43.0 Å². The van der Waals surface area contributed by atoms with Crippen LogP contribution in [0.15, 0.2) is 29.6 Å². The van der Waals surface area contributed by atoms with Crippen LogP contribution >= 0.6 is 11.3 Å². The van der Waals surface area contributed by atoms with Crippen molar-refractivity contribution in [3.8, 4) is 11.1 Å². The van der Waals surface area contributed by atoms with Crippen molar-refractivity contribution in [2.24, 2.45) is 0 Å². The minimum Gasteiger partial charge on any atom is -0.462 e. The van der Waals surface area contributed by atoms with E-state index in [4.69, 9.17) is 4.74 Å². The number of likely N-dealkylation sites (tertiary alicyclic amines) is 1. The molecule has 1 amide bonds. The number of anilines is 1. The third-order valence-corrected chi connectivity index (χ3v) is 5.14. The van der Waals surface area contributed by atoms with E-state index >= 15 is 0 Å². The van der Waals surface area contributed by atoms with E-state index in [-0.39, 0.29) is 18.3 Å². The highest BCUT2D eigenvalue weighted by Gasteiger charge is 2.23. The number of benzene rings is 1. The quantitative estimate of drug-likeness (QED) is 0.780. The third-order valence-electron chi connectivity index (χ3n) is 4.24. The molecule has 138 valence electrons. The highest BCUT2D eigenvalue weighted by Crippen LogP contribution is 2.36. The van der Waals surface area contributed by atoms with E-state index in [0.717, 1.165) is 25.9 Å². The highest BCUT2D eigenvalue weighted by atomic mass is 32.1. The SMILES string of the molecule is CCOC(=O)c1c(-c2ccc(F)cc2)csc1NC(=O)CN1CCCC1. The van der Waals surface area contributed by atoms with Gasteiger partial charge in [-0.2, -0.15) is 0 Å². The van der Waals surface area contributed by atoms with Crippen LogP contribution in [0.3, 0.4) is 0 Å². The molecule has 0 radical (unpaired) electrons. The van der Waals surface area contributed by atoms with Crippen LogP contribution in [0.25, 0.3) is 11.1 Å². The maximum absolute atomic E-state index is 13.2. The van der Waals surface area contributed by atoms with Gasteiger partial charge in [0.05, 0.1) is 13.2 Å². The first-order chi connectivity index (χ1) is 12.6. The number of ether oxygens (including phenoxy) is 1. The lowest BCUT2D eigenvalue weighted by Gasteiger charge is -2.14. The summed E-state index contributed by atoms with van der Waals surface area (Å²) in [7, 11) is 0. The summed E-state index contributed by atoms with van der Waals surface area (Å²) in [6.45, 7) is 4.12. The molecule has 1 fully saturated rings. The molecule has 26 heavy (non-hydrogen) atoms. The molecule has 0 unspecified atom stereocenters. The summed E-state index contributed by atoms with van der Waals surface area (Å²) in [6, 6.07) is 5.90. The number of esters is 1. The maximum Gasteiger partial charge on any atom is 0.341 e. The molecular weight excluding hydrogens is 355 g/mol. The number of rotatable bonds is 6. The van der Waals surface area contributed by atoms with Crippen molar-refractivity contribution in [3.05, 3.63) is 41.0 Å². The Labute approximate surface area is 155 Å². The van der Waals surface area contributed by atoms with Crippen LogP contribution < -0.4 is 5.32 Å². The Hall–Kier alpha value is -2.25. The monoisotopic (exact) mass is 376 g/mol. The van der Waals surface area contributed by atoms with E-state index in [1.807, 2.05) is 0 Å². The normalized spacial score (nSPS) is 14.4. The molecule has 3 rings (SSSR count). The van der Waals surface area contributed by atoms with E-state index in [1.54, 1.807) is 24.4 Å². The summed E-state index contributed by atoms with van der Waals surface area (Å²) < 4.78 is 18.4. The number of carbonyl (C=O) groups excluding carboxylic acids is 2. The lowest BCUT2D eigenvalue weighted by atomic mass is 10.0. The van der Waals surface area contributed by atoms with Gasteiger partial charge in [-0.25, -0.2) is 9.18 Å². The zero-order chi connectivity index (χ0) is 18.5. The van der Waals surface area contributed by atoms with Crippen LogP contribution in [-0.2, 0) is 9.53 Å². The average molecular weight is 376 g/mol. The number of hydrogen-bond donors (Lipinski definition) is 1. The van der Waals surface area contributed by atoms with Gasteiger partial charge in [-0.3, -0.25) is 9.69 Å². The lowest BCUT2D eigenvalue weighted by Crippen LogP contribution is -2.31. The summed E-state index contributed by atoms with van der Waals surface area (Å²) in [4.78, 5) is 26.9. The van der Waals surface area contributed by atoms with Gasteiger partial charge in [0, 0.05) is 10.9 Å². The fourth-order valence-electron chi connectivity index (χ4n) is 3.01. The van der Waals surface area contributed by atoms with Gasteiger partial charge in [0.15, 0.2) is 0 Å². The second kappa shape index (κ2) is 8.42. The molecule has 0 bridgehead atoms. The smallest absolute Gasteiger partial charge is 0.341 e. The molecule has 2 heterocycles. The topological polar surface area (TPSA) is 58.6 Å². The standard InChI is InChI=1S/C19H21FN2O3S/c1-2-25-19(24)17-15(13-5-7-14(20)8-6-13)12-26-18(17)21-16(23)11-22-9-3-4-10-22/h5-8,12H,2-4,9-11H2,1H3,(H,21,23). The van der Waals surface area contributed by atoms with E-state index in [0.29, 0.717) is 28.2 Å². The number of hydrogen-bond acceptors (Lipinski definition) is 5. The molecule has 0 atom stereocenters. The second-order valence-electron chi connectivity index (χ2n) is 6.11. The van der Waals surface area contributed by atoms with Crippen molar-refractivity contribution in [1.29, 1.82) is 0 Å². The van der Waals surface area contributed by atoms with Gasteiger partial charge >= 0.3 is 5.97 Å². The summed E-state index contributed by atoms with van der Waals surface area (Å²) in [6.07, 6.45) is 2.21.